The molecule has 0 heterocycles. The summed E-state index contributed by atoms with van der Waals surface area (Å²) in [5, 5.41) is 2.71. The van der Waals surface area contributed by atoms with E-state index in [2.05, 4.69) is 5.32 Å². The summed E-state index contributed by atoms with van der Waals surface area (Å²) in [6.07, 6.45) is 0. The Morgan fingerprint density at radius 2 is 1.26 bits per heavy atom. The number of hydrogen-bond donors (Lipinski definition) is 3. The average molecular weight is 357 g/mol. The molecule has 0 saturated carbocycles. The van der Waals surface area contributed by atoms with Crippen molar-refractivity contribution in [2.75, 3.05) is 16.8 Å². The van der Waals surface area contributed by atoms with Crippen LogP contribution in [-0.2, 0) is 0 Å². The van der Waals surface area contributed by atoms with Gasteiger partial charge in [-0.05, 0) is 36.4 Å². The van der Waals surface area contributed by atoms with Crippen LogP contribution >= 0.6 is 0 Å². The Hall–Kier alpha value is -3.93. The molecule has 0 radical (unpaired) electrons. The Labute approximate surface area is 154 Å². The SMILES string of the molecule is Nc1cc(N)cc(C(=O)Nc2ccc3c(c2)C(=O)c2ccccc2C3=O)c1. The number of fused-ring (bicyclic) bond motifs is 2. The third-order valence-corrected chi connectivity index (χ3v) is 4.42. The number of nitrogens with one attached hydrogen (secondary N) is 1. The van der Waals surface area contributed by atoms with E-state index in [1.54, 1.807) is 42.5 Å². The molecule has 1 aliphatic rings. The molecule has 0 unspecified atom stereocenters. The quantitative estimate of drug-likeness (QED) is 0.477. The van der Waals surface area contributed by atoms with Gasteiger partial charge in [0.05, 0.1) is 0 Å². The first-order chi connectivity index (χ1) is 12.9. The molecule has 132 valence electrons. The van der Waals surface area contributed by atoms with Crippen molar-refractivity contribution in [3.05, 3.63) is 88.5 Å². The van der Waals surface area contributed by atoms with Gasteiger partial charge in [-0.3, -0.25) is 14.4 Å². The van der Waals surface area contributed by atoms with Crippen LogP contribution in [0.1, 0.15) is 42.2 Å². The molecule has 0 aromatic heterocycles. The predicted octanol–water partition coefficient (Wildman–Crippen LogP) is 2.88. The van der Waals surface area contributed by atoms with Crippen LogP contribution in [0.3, 0.4) is 0 Å². The third kappa shape index (κ3) is 2.83. The molecule has 27 heavy (non-hydrogen) atoms. The van der Waals surface area contributed by atoms with Gasteiger partial charge in [-0.25, -0.2) is 0 Å². The summed E-state index contributed by atoms with van der Waals surface area (Å²) < 4.78 is 0. The first-order valence-electron chi connectivity index (χ1n) is 8.24. The van der Waals surface area contributed by atoms with E-state index in [0.29, 0.717) is 39.3 Å². The first kappa shape index (κ1) is 16.5. The second-order valence-corrected chi connectivity index (χ2v) is 6.31. The van der Waals surface area contributed by atoms with Gasteiger partial charge < -0.3 is 16.8 Å². The van der Waals surface area contributed by atoms with E-state index in [4.69, 9.17) is 11.5 Å². The molecule has 0 bridgehead atoms. The molecule has 3 aromatic carbocycles. The number of carbonyl (C=O) groups is 3. The number of nitrogen functional groups attached to an aromatic ring is 2. The number of ketones is 2. The van der Waals surface area contributed by atoms with Crippen LogP contribution in [0.15, 0.2) is 60.7 Å². The number of amides is 1. The summed E-state index contributed by atoms with van der Waals surface area (Å²) in [5.41, 5.74) is 14.2. The maximum Gasteiger partial charge on any atom is 0.255 e. The lowest BCUT2D eigenvalue weighted by molar-refractivity contribution is 0.0979. The van der Waals surface area contributed by atoms with Gasteiger partial charge in [-0.2, -0.15) is 0 Å². The average Bonchev–Trinajstić information content (AvgIpc) is 2.65. The van der Waals surface area contributed by atoms with Crippen molar-refractivity contribution in [3.63, 3.8) is 0 Å². The minimum absolute atomic E-state index is 0.207. The van der Waals surface area contributed by atoms with Gasteiger partial charge in [-0.1, -0.05) is 24.3 Å². The molecule has 0 spiro atoms. The molecular formula is C21H15N3O3. The van der Waals surface area contributed by atoms with Crippen LogP contribution in [0.5, 0.6) is 0 Å². The zero-order valence-electron chi connectivity index (χ0n) is 14.2. The Kier molecular flexibility index (Phi) is 3.74. The second-order valence-electron chi connectivity index (χ2n) is 6.31. The molecule has 6 nitrogen and oxygen atoms in total. The fraction of sp³-hybridized carbons (Fsp3) is 0. The van der Waals surface area contributed by atoms with Crippen molar-refractivity contribution in [2.45, 2.75) is 0 Å². The highest BCUT2D eigenvalue weighted by Gasteiger charge is 2.29. The summed E-state index contributed by atoms with van der Waals surface area (Å²) >= 11 is 0. The van der Waals surface area contributed by atoms with Gasteiger partial charge in [0.1, 0.15) is 0 Å². The van der Waals surface area contributed by atoms with Crippen molar-refractivity contribution < 1.29 is 14.4 Å². The van der Waals surface area contributed by atoms with Crippen LogP contribution in [-0.4, -0.2) is 17.5 Å². The molecule has 0 aliphatic heterocycles. The molecule has 1 amide bonds. The fourth-order valence-electron chi connectivity index (χ4n) is 3.19. The highest BCUT2D eigenvalue weighted by Crippen LogP contribution is 2.29. The maximum absolute atomic E-state index is 12.8. The van der Waals surface area contributed by atoms with E-state index in [0.717, 1.165) is 0 Å². The van der Waals surface area contributed by atoms with Crippen molar-refractivity contribution in [1.82, 2.24) is 0 Å². The van der Waals surface area contributed by atoms with E-state index in [-0.39, 0.29) is 17.1 Å². The molecule has 3 aromatic rings. The zero-order chi connectivity index (χ0) is 19.1. The number of benzene rings is 3. The van der Waals surface area contributed by atoms with Gasteiger partial charge >= 0.3 is 0 Å². The number of anilines is 3. The summed E-state index contributed by atoms with van der Waals surface area (Å²) in [5.74, 6) is -0.866. The van der Waals surface area contributed by atoms with E-state index < -0.39 is 5.91 Å². The summed E-state index contributed by atoms with van der Waals surface area (Å²) in [4.78, 5) is 37.8. The van der Waals surface area contributed by atoms with E-state index in [1.165, 1.54) is 18.2 Å². The number of hydrogen-bond acceptors (Lipinski definition) is 5. The first-order valence-corrected chi connectivity index (χ1v) is 8.24. The fourth-order valence-corrected chi connectivity index (χ4v) is 3.19. The molecule has 0 atom stereocenters. The van der Waals surface area contributed by atoms with Crippen LogP contribution in [0.2, 0.25) is 0 Å². The van der Waals surface area contributed by atoms with Crippen molar-refractivity contribution in [1.29, 1.82) is 0 Å². The molecule has 0 saturated heterocycles. The number of carbonyl (C=O) groups excluding carboxylic acids is 3. The van der Waals surface area contributed by atoms with E-state index >= 15 is 0 Å². The second kappa shape index (κ2) is 6.10. The summed E-state index contributed by atoms with van der Waals surface area (Å²) in [6.45, 7) is 0. The van der Waals surface area contributed by atoms with Gasteiger partial charge in [0, 0.05) is 44.9 Å². The number of rotatable bonds is 2. The Morgan fingerprint density at radius 1 is 0.704 bits per heavy atom. The van der Waals surface area contributed by atoms with Crippen LogP contribution in [0, 0.1) is 0 Å². The minimum atomic E-state index is -0.413. The van der Waals surface area contributed by atoms with Gasteiger partial charge in [-0.15, -0.1) is 0 Å². The van der Waals surface area contributed by atoms with Crippen LogP contribution in [0.4, 0.5) is 17.1 Å². The van der Waals surface area contributed by atoms with Gasteiger partial charge in [0.15, 0.2) is 11.6 Å². The number of nitrogens with two attached hydrogens (primary N) is 2. The normalized spacial score (nSPS) is 12.3. The zero-order valence-corrected chi connectivity index (χ0v) is 14.2. The lowest BCUT2D eigenvalue weighted by Crippen LogP contribution is -2.21. The Morgan fingerprint density at radius 3 is 1.89 bits per heavy atom. The van der Waals surface area contributed by atoms with Gasteiger partial charge in [0.2, 0.25) is 0 Å². The highest BCUT2D eigenvalue weighted by molar-refractivity contribution is 6.28. The third-order valence-electron chi connectivity index (χ3n) is 4.42. The van der Waals surface area contributed by atoms with Crippen molar-refractivity contribution in [2.24, 2.45) is 0 Å². The van der Waals surface area contributed by atoms with Crippen LogP contribution < -0.4 is 16.8 Å². The molecule has 6 heteroatoms. The molecular weight excluding hydrogens is 342 g/mol. The largest absolute Gasteiger partial charge is 0.399 e. The summed E-state index contributed by atoms with van der Waals surface area (Å²) in [7, 11) is 0. The van der Waals surface area contributed by atoms with Crippen molar-refractivity contribution in [3.8, 4) is 0 Å². The molecule has 5 N–H and O–H groups in total. The standard InChI is InChI=1S/C21H15N3O3/c22-12-7-11(8-13(23)9-12)21(27)24-14-5-6-17-18(10-14)20(26)16-4-2-1-3-15(16)19(17)25/h1-10H,22-23H2,(H,24,27). The summed E-state index contributed by atoms with van der Waals surface area (Å²) in [6, 6.07) is 15.9. The Bertz CT molecular complexity index is 1120. The highest BCUT2D eigenvalue weighted by atomic mass is 16.2. The monoisotopic (exact) mass is 357 g/mol. The lowest BCUT2D eigenvalue weighted by Gasteiger charge is -2.18. The topological polar surface area (TPSA) is 115 Å². The Balaban J connectivity index is 1.68. The minimum Gasteiger partial charge on any atom is -0.399 e. The molecule has 0 fully saturated rings. The molecule has 1 aliphatic carbocycles. The lowest BCUT2D eigenvalue weighted by atomic mass is 9.84. The molecule has 4 rings (SSSR count). The smallest absolute Gasteiger partial charge is 0.255 e. The maximum atomic E-state index is 12.8. The van der Waals surface area contributed by atoms with E-state index in [9.17, 15) is 14.4 Å². The predicted molar refractivity (Wildman–Crippen MR) is 103 cm³/mol. The van der Waals surface area contributed by atoms with Crippen molar-refractivity contribution >= 4 is 34.5 Å². The van der Waals surface area contributed by atoms with E-state index in [1.807, 2.05) is 0 Å². The van der Waals surface area contributed by atoms with Crippen LogP contribution in [0.25, 0.3) is 0 Å². The van der Waals surface area contributed by atoms with Gasteiger partial charge in [0.25, 0.3) is 5.91 Å².